The Bertz CT molecular complexity index is 495. The van der Waals surface area contributed by atoms with Gasteiger partial charge >= 0.3 is 0 Å². The molecule has 1 N–H and O–H groups in total. The quantitative estimate of drug-likeness (QED) is 0.897. The Balaban J connectivity index is 2.21. The number of hydrogen-bond acceptors (Lipinski definition) is 4. The van der Waals surface area contributed by atoms with Gasteiger partial charge in [0.15, 0.2) is 0 Å². The highest BCUT2D eigenvalue weighted by Gasteiger charge is 2.40. The molecule has 0 bridgehead atoms. The number of ether oxygens (including phenoxy) is 2. The Morgan fingerprint density at radius 1 is 1.20 bits per heavy atom. The summed E-state index contributed by atoms with van der Waals surface area (Å²) in [5.74, 6) is 1.82. The summed E-state index contributed by atoms with van der Waals surface area (Å²) in [6.07, 6.45) is 3.65. The molecule has 1 aromatic rings. The van der Waals surface area contributed by atoms with E-state index >= 15 is 0 Å². The van der Waals surface area contributed by atoms with Crippen LogP contribution in [0.3, 0.4) is 0 Å². The molecule has 2 aliphatic rings. The smallest absolute Gasteiger partial charge is 0.146 e. The molecule has 1 atom stereocenters. The predicted molar refractivity (Wildman–Crippen MR) is 81.2 cm³/mol. The van der Waals surface area contributed by atoms with Gasteiger partial charge in [0.05, 0.1) is 19.9 Å². The van der Waals surface area contributed by atoms with E-state index in [9.17, 15) is 0 Å². The zero-order valence-electron chi connectivity index (χ0n) is 12.7. The number of nitrogens with one attached hydrogen (secondary N) is 1. The van der Waals surface area contributed by atoms with Crippen LogP contribution in [0.2, 0.25) is 0 Å². The molecule has 4 nitrogen and oxygen atoms in total. The average Bonchev–Trinajstić information content (AvgIpc) is 2.90. The fourth-order valence-corrected chi connectivity index (χ4v) is 3.74. The van der Waals surface area contributed by atoms with Crippen molar-refractivity contribution in [2.75, 3.05) is 45.8 Å². The number of hydrogen-bond donors (Lipinski definition) is 1. The van der Waals surface area contributed by atoms with Crippen molar-refractivity contribution in [3.05, 3.63) is 17.7 Å². The molecular weight excluding hydrogens is 252 g/mol. The number of methoxy groups -OCH3 is 2. The fraction of sp³-hybridized carbons (Fsp3) is 0.625. The lowest BCUT2D eigenvalue weighted by Crippen LogP contribution is -2.29. The summed E-state index contributed by atoms with van der Waals surface area (Å²) < 4.78 is 11.1. The second-order valence-corrected chi connectivity index (χ2v) is 5.96. The number of rotatable bonds is 2. The molecule has 1 fully saturated rings. The molecule has 0 aliphatic carbocycles. The van der Waals surface area contributed by atoms with Crippen molar-refractivity contribution in [3.63, 3.8) is 0 Å². The van der Waals surface area contributed by atoms with Crippen molar-refractivity contribution >= 4 is 5.69 Å². The molecule has 3 rings (SSSR count). The molecule has 1 aromatic carbocycles. The Labute approximate surface area is 121 Å². The first-order valence-corrected chi connectivity index (χ1v) is 7.38. The first-order chi connectivity index (χ1) is 9.70. The van der Waals surface area contributed by atoms with Gasteiger partial charge in [0, 0.05) is 31.6 Å². The lowest BCUT2D eigenvalue weighted by molar-refractivity contribution is 0.387. The van der Waals surface area contributed by atoms with E-state index in [2.05, 4.69) is 23.3 Å². The lowest BCUT2D eigenvalue weighted by Gasteiger charge is -2.31. The molecular formula is C16H24N2O2. The van der Waals surface area contributed by atoms with Gasteiger partial charge in [-0.15, -0.1) is 0 Å². The van der Waals surface area contributed by atoms with Crippen molar-refractivity contribution in [1.82, 2.24) is 5.32 Å². The minimum atomic E-state index is 0.238. The van der Waals surface area contributed by atoms with Crippen LogP contribution in [-0.4, -0.2) is 40.9 Å². The van der Waals surface area contributed by atoms with Gasteiger partial charge < -0.3 is 19.7 Å². The molecule has 1 spiro atoms. The summed E-state index contributed by atoms with van der Waals surface area (Å²) in [4.78, 5) is 2.33. The van der Waals surface area contributed by atoms with Crippen molar-refractivity contribution in [3.8, 4) is 11.5 Å². The largest absolute Gasteiger partial charge is 0.497 e. The van der Waals surface area contributed by atoms with E-state index in [-0.39, 0.29) is 5.41 Å². The van der Waals surface area contributed by atoms with Crippen LogP contribution in [-0.2, 0) is 5.41 Å². The number of anilines is 1. The highest BCUT2D eigenvalue weighted by atomic mass is 16.5. The van der Waals surface area contributed by atoms with Gasteiger partial charge in [-0.2, -0.15) is 0 Å². The summed E-state index contributed by atoms with van der Waals surface area (Å²) >= 11 is 0. The molecule has 20 heavy (non-hydrogen) atoms. The second kappa shape index (κ2) is 5.17. The average molecular weight is 276 g/mol. The monoisotopic (exact) mass is 276 g/mol. The van der Waals surface area contributed by atoms with Crippen LogP contribution in [0.4, 0.5) is 5.69 Å². The lowest BCUT2D eigenvalue weighted by atomic mass is 9.75. The molecule has 0 radical (unpaired) electrons. The van der Waals surface area contributed by atoms with Gasteiger partial charge in [-0.05, 0) is 37.4 Å². The van der Waals surface area contributed by atoms with Gasteiger partial charge in [-0.3, -0.25) is 0 Å². The summed E-state index contributed by atoms with van der Waals surface area (Å²) in [7, 11) is 5.63. The number of benzene rings is 1. The van der Waals surface area contributed by atoms with Crippen LogP contribution in [0.15, 0.2) is 12.1 Å². The van der Waals surface area contributed by atoms with Crippen molar-refractivity contribution in [2.45, 2.75) is 24.7 Å². The third kappa shape index (κ3) is 2.03. The molecule has 4 heteroatoms. The minimum Gasteiger partial charge on any atom is -0.497 e. The van der Waals surface area contributed by atoms with Crippen molar-refractivity contribution in [2.24, 2.45) is 0 Å². The zero-order chi connectivity index (χ0) is 14.2. The molecule has 2 aliphatic heterocycles. The van der Waals surface area contributed by atoms with Crippen LogP contribution >= 0.6 is 0 Å². The van der Waals surface area contributed by atoms with Gasteiger partial charge in [-0.1, -0.05) is 0 Å². The van der Waals surface area contributed by atoms with E-state index < -0.39 is 0 Å². The first-order valence-electron chi connectivity index (χ1n) is 7.38. The molecule has 0 saturated carbocycles. The third-order valence-electron chi connectivity index (χ3n) is 4.85. The van der Waals surface area contributed by atoms with E-state index in [1.807, 2.05) is 6.07 Å². The maximum absolute atomic E-state index is 5.64. The second-order valence-electron chi connectivity index (χ2n) is 5.96. The van der Waals surface area contributed by atoms with E-state index in [4.69, 9.17) is 9.47 Å². The van der Waals surface area contributed by atoms with Gasteiger partial charge in [0.25, 0.3) is 0 Å². The fourth-order valence-electron chi connectivity index (χ4n) is 3.74. The highest BCUT2D eigenvalue weighted by Crippen LogP contribution is 2.48. The maximum atomic E-state index is 5.64. The summed E-state index contributed by atoms with van der Waals surface area (Å²) in [6.45, 7) is 3.24. The summed E-state index contributed by atoms with van der Waals surface area (Å²) in [5.41, 5.74) is 2.87. The normalized spacial score (nSPS) is 25.4. The highest BCUT2D eigenvalue weighted by molar-refractivity contribution is 5.69. The molecule has 1 saturated heterocycles. The molecule has 1 unspecified atom stereocenters. The van der Waals surface area contributed by atoms with E-state index in [0.29, 0.717) is 0 Å². The molecule has 2 heterocycles. The van der Waals surface area contributed by atoms with Gasteiger partial charge in [0.2, 0.25) is 0 Å². The van der Waals surface area contributed by atoms with Crippen LogP contribution in [0.25, 0.3) is 0 Å². The Hall–Kier alpha value is -1.42. The SMILES string of the molecule is COc1cc(OC)c2c(c1)C1(CCCN2C)CCNC1. The first kappa shape index (κ1) is 13.6. The van der Waals surface area contributed by atoms with Crippen molar-refractivity contribution < 1.29 is 9.47 Å². The maximum Gasteiger partial charge on any atom is 0.146 e. The number of nitrogens with zero attached hydrogens (tertiary/aromatic N) is 1. The molecule has 0 amide bonds. The van der Waals surface area contributed by atoms with Crippen LogP contribution < -0.4 is 19.7 Å². The van der Waals surface area contributed by atoms with Gasteiger partial charge in [0.1, 0.15) is 11.5 Å². The van der Waals surface area contributed by atoms with E-state index in [0.717, 1.165) is 31.1 Å². The van der Waals surface area contributed by atoms with Crippen LogP contribution in [0.5, 0.6) is 11.5 Å². The summed E-state index contributed by atoms with van der Waals surface area (Å²) in [6, 6.07) is 4.21. The minimum absolute atomic E-state index is 0.238. The number of fused-ring (bicyclic) bond motifs is 2. The predicted octanol–water partition coefficient (Wildman–Crippen LogP) is 2.16. The van der Waals surface area contributed by atoms with Gasteiger partial charge in [-0.25, -0.2) is 0 Å². The Morgan fingerprint density at radius 3 is 2.70 bits per heavy atom. The van der Waals surface area contributed by atoms with Crippen LogP contribution in [0, 0.1) is 0 Å². The molecule has 0 aromatic heterocycles. The topological polar surface area (TPSA) is 33.7 Å². The molecule has 110 valence electrons. The van der Waals surface area contributed by atoms with Crippen molar-refractivity contribution in [1.29, 1.82) is 0 Å². The third-order valence-corrected chi connectivity index (χ3v) is 4.85. The van der Waals surface area contributed by atoms with E-state index in [1.54, 1.807) is 14.2 Å². The Morgan fingerprint density at radius 2 is 2.05 bits per heavy atom. The Kier molecular flexibility index (Phi) is 3.50. The summed E-state index contributed by atoms with van der Waals surface area (Å²) in [5, 5.41) is 3.54. The zero-order valence-corrected chi connectivity index (χ0v) is 12.7. The standard InChI is InChI=1S/C16H24N2O2/c1-18-8-4-5-16(6-7-17-11-16)13-9-12(19-2)10-14(20-3)15(13)18/h9-10,17H,4-8,11H2,1-3H3. The van der Waals surface area contributed by atoms with Crippen LogP contribution in [0.1, 0.15) is 24.8 Å². The van der Waals surface area contributed by atoms with E-state index in [1.165, 1.54) is 30.5 Å².